The van der Waals surface area contributed by atoms with Gasteiger partial charge in [-0.2, -0.15) is 0 Å². The van der Waals surface area contributed by atoms with E-state index in [1.807, 2.05) is 88.4 Å². The number of carbonyl (C=O) groups excluding carboxylic acids is 3. The Bertz CT molecular complexity index is 1020. The lowest BCUT2D eigenvalue weighted by Gasteiger charge is -2.35. The van der Waals surface area contributed by atoms with Gasteiger partial charge < -0.3 is 19.2 Å². The molecule has 1 fully saturated rings. The van der Waals surface area contributed by atoms with Gasteiger partial charge in [0.2, 0.25) is 0 Å². The third-order valence-electron chi connectivity index (χ3n) is 6.87. The van der Waals surface area contributed by atoms with Gasteiger partial charge in [0.15, 0.2) is 0 Å². The summed E-state index contributed by atoms with van der Waals surface area (Å²) in [4.78, 5) is 42.1. The first-order valence-corrected chi connectivity index (χ1v) is 13.0. The summed E-state index contributed by atoms with van der Waals surface area (Å²) in [6.07, 6.45) is 2.14. The second-order valence-corrected chi connectivity index (χ2v) is 10.8. The number of benzene rings is 2. The second kappa shape index (κ2) is 12.9. The van der Waals surface area contributed by atoms with Crippen molar-refractivity contribution in [3.8, 4) is 0 Å². The summed E-state index contributed by atoms with van der Waals surface area (Å²) >= 11 is 0. The van der Waals surface area contributed by atoms with Gasteiger partial charge in [0, 0.05) is 25.6 Å². The summed E-state index contributed by atoms with van der Waals surface area (Å²) in [5.41, 5.74) is 1.31. The topological polar surface area (TPSA) is 76.1 Å². The predicted octanol–water partition coefficient (Wildman–Crippen LogP) is 5.22. The minimum absolute atomic E-state index is 0.163. The van der Waals surface area contributed by atoms with Crippen LogP contribution in [0.15, 0.2) is 60.7 Å². The molecule has 3 rings (SSSR count). The van der Waals surface area contributed by atoms with E-state index in [4.69, 9.17) is 9.47 Å². The lowest BCUT2D eigenvalue weighted by Crippen LogP contribution is -2.48. The Morgan fingerprint density at radius 3 is 2.19 bits per heavy atom. The highest BCUT2D eigenvalue weighted by Crippen LogP contribution is 2.35. The molecule has 1 heterocycles. The summed E-state index contributed by atoms with van der Waals surface area (Å²) in [7, 11) is 1.71. The maximum atomic E-state index is 13.4. The van der Waals surface area contributed by atoms with Crippen molar-refractivity contribution in [1.82, 2.24) is 9.80 Å². The van der Waals surface area contributed by atoms with Gasteiger partial charge in [0.05, 0.1) is 6.04 Å². The van der Waals surface area contributed by atoms with Crippen molar-refractivity contribution in [3.63, 3.8) is 0 Å². The fourth-order valence-corrected chi connectivity index (χ4v) is 4.89. The maximum absolute atomic E-state index is 13.4. The normalized spacial score (nSPS) is 20.7. The van der Waals surface area contributed by atoms with Gasteiger partial charge in [0.1, 0.15) is 24.5 Å². The minimum Gasteiger partial charge on any atom is -0.459 e. The number of amides is 1. The van der Waals surface area contributed by atoms with Crippen LogP contribution in [-0.4, -0.2) is 58.9 Å². The van der Waals surface area contributed by atoms with Crippen molar-refractivity contribution >= 4 is 18.3 Å². The molecule has 1 aliphatic heterocycles. The maximum Gasteiger partial charge on any atom is 0.410 e. The summed E-state index contributed by atoms with van der Waals surface area (Å²) in [6.45, 7) is 8.20. The number of carbonyl (C=O) groups is 3. The molecular weight excluding hydrogens is 468 g/mol. The predicted molar refractivity (Wildman–Crippen MR) is 143 cm³/mol. The molecule has 1 unspecified atom stereocenters. The van der Waals surface area contributed by atoms with Crippen LogP contribution in [0.2, 0.25) is 0 Å². The van der Waals surface area contributed by atoms with E-state index in [0.29, 0.717) is 25.8 Å². The van der Waals surface area contributed by atoms with Crippen LogP contribution in [0.25, 0.3) is 0 Å². The molecule has 0 bridgehead atoms. The number of nitrogens with zero attached hydrogens (tertiary/aromatic N) is 2. The highest BCUT2D eigenvalue weighted by molar-refractivity contribution is 5.77. The van der Waals surface area contributed by atoms with Gasteiger partial charge in [-0.15, -0.1) is 0 Å². The Hall–Kier alpha value is -3.19. The number of likely N-dealkylation sites (tertiary alicyclic amines) is 1. The van der Waals surface area contributed by atoms with E-state index >= 15 is 0 Å². The van der Waals surface area contributed by atoms with Crippen molar-refractivity contribution < 1.29 is 23.9 Å². The molecular formula is C30H40N2O5. The molecule has 1 amide bonds. The molecule has 0 aliphatic carbocycles. The lowest BCUT2D eigenvalue weighted by atomic mass is 9.93. The van der Waals surface area contributed by atoms with Gasteiger partial charge in [-0.3, -0.25) is 9.69 Å². The molecule has 2 aromatic carbocycles. The van der Waals surface area contributed by atoms with Gasteiger partial charge >= 0.3 is 12.1 Å². The van der Waals surface area contributed by atoms with E-state index in [1.165, 1.54) is 0 Å². The number of hydrogen-bond donors (Lipinski definition) is 0. The number of likely N-dealkylation sites (N-methyl/N-ethyl adjacent to an activating group) is 1. The van der Waals surface area contributed by atoms with Crippen molar-refractivity contribution in [3.05, 3.63) is 71.8 Å². The Labute approximate surface area is 220 Å². The van der Waals surface area contributed by atoms with E-state index in [-0.39, 0.29) is 30.6 Å². The number of hydrogen-bond acceptors (Lipinski definition) is 6. The fourth-order valence-electron chi connectivity index (χ4n) is 4.89. The van der Waals surface area contributed by atoms with Crippen LogP contribution >= 0.6 is 0 Å². The van der Waals surface area contributed by atoms with Crippen LogP contribution in [0.4, 0.5) is 4.79 Å². The van der Waals surface area contributed by atoms with E-state index in [1.54, 1.807) is 11.9 Å². The van der Waals surface area contributed by atoms with Gasteiger partial charge in [-0.25, -0.2) is 4.79 Å². The highest BCUT2D eigenvalue weighted by Gasteiger charge is 2.49. The molecule has 0 radical (unpaired) electrons. The van der Waals surface area contributed by atoms with E-state index in [0.717, 1.165) is 17.4 Å². The molecule has 0 N–H and O–H groups in total. The van der Waals surface area contributed by atoms with Crippen LogP contribution in [-0.2, 0) is 32.2 Å². The van der Waals surface area contributed by atoms with E-state index in [2.05, 4.69) is 4.90 Å². The summed E-state index contributed by atoms with van der Waals surface area (Å²) in [6, 6.07) is 18.4. The minimum atomic E-state index is -0.641. The van der Waals surface area contributed by atoms with Crippen LogP contribution in [0.5, 0.6) is 0 Å². The smallest absolute Gasteiger partial charge is 0.410 e. The molecule has 200 valence electrons. The van der Waals surface area contributed by atoms with Crippen LogP contribution in [0.3, 0.4) is 0 Å². The number of rotatable bonds is 10. The van der Waals surface area contributed by atoms with Gasteiger partial charge in [-0.05, 0) is 51.2 Å². The molecule has 0 saturated carbocycles. The largest absolute Gasteiger partial charge is 0.459 e. The van der Waals surface area contributed by atoms with Crippen molar-refractivity contribution in [1.29, 1.82) is 0 Å². The summed E-state index contributed by atoms with van der Waals surface area (Å²) in [5.74, 6) is -0.502. The molecule has 1 aliphatic rings. The zero-order valence-corrected chi connectivity index (χ0v) is 22.6. The monoisotopic (exact) mass is 508 g/mol. The van der Waals surface area contributed by atoms with Gasteiger partial charge in [-0.1, -0.05) is 67.6 Å². The Morgan fingerprint density at radius 2 is 1.65 bits per heavy atom. The van der Waals surface area contributed by atoms with Crippen molar-refractivity contribution in [2.75, 3.05) is 7.05 Å². The van der Waals surface area contributed by atoms with Gasteiger partial charge in [0.25, 0.3) is 0 Å². The first kappa shape index (κ1) is 28.4. The number of esters is 1. The molecule has 1 saturated heterocycles. The first-order valence-electron chi connectivity index (χ1n) is 13.0. The quantitative estimate of drug-likeness (QED) is 0.323. The standard InChI is InChI=1S/C30H40N2O5/c1-6-22(20-33)17-26-25(31(5)29(35)36-21-24-15-11-8-12-16-24)18-27(28(34)37-30(2,3)4)32(26)19-23-13-9-7-10-14-23/h7-16,20,22,25-27H,6,17-19,21H2,1-5H3/t22?,25-,26-,27-/m1/s1. The first-order chi connectivity index (χ1) is 17.6. The molecule has 4 atom stereocenters. The molecule has 7 nitrogen and oxygen atoms in total. The zero-order chi connectivity index (χ0) is 27.0. The third-order valence-corrected chi connectivity index (χ3v) is 6.87. The van der Waals surface area contributed by atoms with Crippen molar-refractivity contribution in [2.45, 2.75) is 83.8 Å². The average Bonchev–Trinajstić information content (AvgIpc) is 3.23. The SMILES string of the molecule is CCC(C=O)C[C@@H]1[C@H](N(C)C(=O)OCc2ccccc2)C[C@H](C(=O)OC(C)(C)C)N1Cc1ccccc1. The Kier molecular flexibility index (Phi) is 9.86. The molecule has 2 aromatic rings. The van der Waals surface area contributed by atoms with Crippen molar-refractivity contribution in [2.24, 2.45) is 5.92 Å². The van der Waals surface area contributed by atoms with Crippen LogP contribution in [0, 0.1) is 5.92 Å². The summed E-state index contributed by atoms with van der Waals surface area (Å²) < 4.78 is 11.4. The zero-order valence-electron chi connectivity index (χ0n) is 22.6. The third kappa shape index (κ3) is 7.89. The fraction of sp³-hybridized carbons (Fsp3) is 0.500. The average molecular weight is 509 g/mol. The molecule has 7 heteroatoms. The molecule has 0 spiro atoms. The summed E-state index contributed by atoms with van der Waals surface area (Å²) in [5, 5.41) is 0. The highest BCUT2D eigenvalue weighted by atomic mass is 16.6. The molecule has 37 heavy (non-hydrogen) atoms. The van der Waals surface area contributed by atoms with Crippen LogP contribution < -0.4 is 0 Å². The Morgan fingerprint density at radius 1 is 1.05 bits per heavy atom. The van der Waals surface area contributed by atoms with E-state index in [9.17, 15) is 14.4 Å². The number of aldehydes is 1. The Balaban J connectivity index is 1.90. The molecule has 0 aromatic heterocycles. The lowest BCUT2D eigenvalue weighted by molar-refractivity contribution is -0.161. The van der Waals surface area contributed by atoms with E-state index < -0.39 is 17.7 Å². The second-order valence-electron chi connectivity index (χ2n) is 10.8. The van der Waals surface area contributed by atoms with Crippen LogP contribution in [0.1, 0.15) is 58.1 Å². The number of ether oxygens (including phenoxy) is 2.